The topological polar surface area (TPSA) is 58.4 Å². The number of benzene rings is 2. The number of aromatic nitrogens is 1. The molecule has 27 heavy (non-hydrogen) atoms. The average Bonchev–Trinajstić information content (AvgIpc) is 3.01. The number of aryl methyl sites for hydroxylation is 2. The van der Waals surface area contributed by atoms with Crippen LogP contribution in [0.3, 0.4) is 0 Å². The van der Waals surface area contributed by atoms with E-state index in [0.717, 1.165) is 40.4 Å². The van der Waals surface area contributed by atoms with E-state index >= 15 is 0 Å². The number of rotatable bonds is 4. The quantitative estimate of drug-likeness (QED) is 0.732. The lowest BCUT2D eigenvalue weighted by atomic mass is 9.98. The molecule has 0 radical (unpaired) electrons. The van der Waals surface area contributed by atoms with Crippen LogP contribution in [0.1, 0.15) is 30.4 Å². The van der Waals surface area contributed by atoms with Gasteiger partial charge in [-0.2, -0.15) is 0 Å². The second-order valence-electron chi connectivity index (χ2n) is 6.96. The van der Waals surface area contributed by atoms with Gasteiger partial charge in [0.1, 0.15) is 11.8 Å². The molecule has 0 fully saturated rings. The van der Waals surface area contributed by atoms with Crippen LogP contribution in [-0.2, 0) is 11.3 Å². The van der Waals surface area contributed by atoms with Crippen molar-refractivity contribution in [3.05, 3.63) is 65.5 Å². The Morgan fingerprint density at radius 2 is 1.93 bits per heavy atom. The van der Waals surface area contributed by atoms with Crippen molar-refractivity contribution in [1.29, 1.82) is 0 Å². The number of hydrogen-bond acceptors (Lipinski definition) is 4. The number of carbonyl (C=O) groups excluding carboxylic acids is 1. The van der Waals surface area contributed by atoms with Crippen LogP contribution in [-0.4, -0.2) is 17.1 Å². The molecule has 0 spiro atoms. The highest BCUT2D eigenvalue weighted by atomic mass is 16.5. The summed E-state index contributed by atoms with van der Waals surface area (Å²) in [6, 6.07) is 16.2. The van der Waals surface area contributed by atoms with Gasteiger partial charge in [-0.25, -0.2) is 0 Å². The zero-order valence-electron chi connectivity index (χ0n) is 15.8. The van der Waals surface area contributed by atoms with Gasteiger partial charge in [0.15, 0.2) is 0 Å². The van der Waals surface area contributed by atoms with E-state index in [1.807, 2.05) is 51.1 Å². The fraction of sp³-hybridized carbons (Fsp3) is 0.273. The first-order chi connectivity index (χ1) is 13.1. The lowest BCUT2D eigenvalue weighted by Gasteiger charge is -2.38. The van der Waals surface area contributed by atoms with Crippen molar-refractivity contribution in [2.24, 2.45) is 0 Å². The van der Waals surface area contributed by atoms with Gasteiger partial charge in [-0.05, 0) is 43.5 Å². The van der Waals surface area contributed by atoms with Crippen LogP contribution >= 0.6 is 0 Å². The number of fused-ring (bicyclic) bond motifs is 1. The van der Waals surface area contributed by atoms with Crippen LogP contribution in [0.4, 0.5) is 11.4 Å². The van der Waals surface area contributed by atoms with Gasteiger partial charge in [0.05, 0.1) is 17.1 Å². The van der Waals surface area contributed by atoms with Crippen LogP contribution < -0.4 is 10.2 Å². The van der Waals surface area contributed by atoms with Crippen molar-refractivity contribution >= 4 is 17.3 Å². The largest absolute Gasteiger partial charge is 0.361 e. The molecule has 138 valence electrons. The molecule has 1 amide bonds. The third-order valence-electron chi connectivity index (χ3n) is 5.15. The van der Waals surface area contributed by atoms with Crippen molar-refractivity contribution in [3.8, 4) is 11.1 Å². The van der Waals surface area contributed by atoms with Gasteiger partial charge in [-0.15, -0.1) is 0 Å². The van der Waals surface area contributed by atoms with Gasteiger partial charge in [0.2, 0.25) is 5.91 Å². The van der Waals surface area contributed by atoms with E-state index in [1.165, 1.54) is 5.56 Å². The third-order valence-corrected chi connectivity index (χ3v) is 5.15. The normalized spacial score (nSPS) is 16.2. The fourth-order valence-electron chi connectivity index (χ4n) is 3.83. The number of amides is 1. The van der Waals surface area contributed by atoms with Crippen molar-refractivity contribution in [2.75, 3.05) is 10.2 Å². The van der Waals surface area contributed by atoms with E-state index in [1.54, 1.807) is 0 Å². The summed E-state index contributed by atoms with van der Waals surface area (Å²) in [7, 11) is 0. The summed E-state index contributed by atoms with van der Waals surface area (Å²) in [5, 5.41) is 7.13. The lowest BCUT2D eigenvalue weighted by molar-refractivity contribution is -0.117. The Balaban J connectivity index is 1.81. The molecule has 0 bridgehead atoms. The molecule has 1 N–H and O–H groups in total. The smallest absolute Gasteiger partial charge is 0.247 e. The standard InChI is InChI=1S/C22H23N3O2/c1-4-19-22(26)23-18-11-10-17(21-14(2)24-27-15(21)3)12-20(18)25(19)13-16-8-6-5-7-9-16/h5-12,19H,4,13H2,1-3H3,(H,23,26)/t19-/m1/s1. The summed E-state index contributed by atoms with van der Waals surface area (Å²) >= 11 is 0. The molecule has 5 nitrogen and oxygen atoms in total. The predicted molar refractivity (Wildman–Crippen MR) is 107 cm³/mol. The maximum atomic E-state index is 12.6. The Kier molecular flexibility index (Phi) is 4.44. The maximum Gasteiger partial charge on any atom is 0.247 e. The second kappa shape index (κ2) is 6.91. The summed E-state index contributed by atoms with van der Waals surface area (Å²) in [5.41, 5.74) is 5.99. The summed E-state index contributed by atoms with van der Waals surface area (Å²) < 4.78 is 5.34. The van der Waals surface area contributed by atoms with Crippen LogP contribution in [0.15, 0.2) is 53.1 Å². The molecular formula is C22H23N3O2. The first-order valence-corrected chi connectivity index (χ1v) is 9.27. The number of nitrogens with zero attached hydrogens (tertiary/aromatic N) is 2. The maximum absolute atomic E-state index is 12.6. The van der Waals surface area contributed by atoms with Crippen molar-refractivity contribution < 1.29 is 9.32 Å². The molecule has 0 saturated carbocycles. The Bertz CT molecular complexity index is 959. The molecule has 1 aliphatic heterocycles. The fourth-order valence-corrected chi connectivity index (χ4v) is 3.83. The van der Waals surface area contributed by atoms with Gasteiger partial charge in [0.25, 0.3) is 0 Å². The van der Waals surface area contributed by atoms with Gasteiger partial charge < -0.3 is 14.7 Å². The predicted octanol–water partition coefficient (Wildman–Crippen LogP) is 4.70. The molecule has 5 heteroatoms. The third kappa shape index (κ3) is 3.10. The highest BCUT2D eigenvalue weighted by Crippen LogP contribution is 2.39. The summed E-state index contributed by atoms with van der Waals surface area (Å²) in [6.45, 7) is 6.60. The van der Waals surface area contributed by atoms with E-state index < -0.39 is 0 Å². The number of nitrogens with one attached hydrogen (secondary N) is 1. The van der Waals surface area contributed by atoms with Gasteiger partial charge in [-0.1, -0.05) is 48.5 Å². The van der Waals surface area contributed by atoms with E-state index in [2.05, 4.69) is 33.6 Å². The van der Waals surface area contributed by atoms with E-state index in [-0.39, 0.29) is 11.9 Å². The molecule has 2 heterocycles. The van der Waals surface area contributed by atoms with Crippen LogP contribution in [0.25, 0.3) is 11.1 Å². The molecule has 1 atom stereocenters. The Morgan fingerprint density at radius 3 is 2.59 bits per heavy atom. The lowest BCUT2D eigenvalue weighted by Crippen LogP contribution is -2.47. The molecule has 0 saturated heterocycles. The number of carbonyl (C=O) groups is 1. The molecule has 3 aromatic rings. The van der Waals surface area contributed by atoms with Gasteiger partial charge in [0, 0.05) is 12.1 Å². The summed E-state index contributed by atoms with van der Waals surface area (Å²) in [5.74, 6) is 0.847. The Labute approximate surface area is 159 Å². The van der Waals surface area contributed by atoms with Gasteiger partial charge >= 0.3 is 0 Å². The molecule has 1 aromatic heterocycles. The first kappa shape index (κ1) is 17.3. The zero-order valence-corrected chi connectivity index (χ0v) is 15.8. The first-order valence-electron chi connectivity index (χ1n) is 9.27. The van der Waals surface area contributed by atoms with Crippen molar-refractivity contribution in [1.82, 2.24) is 5.16 Å². The highest BCUT2D eigenvalue weighted by Gasteiger charge is 2.32. The SMILES string of the molecule is CC[C@@H]1C(=O)Nc2ccc(-c3c(C)noc3C)cc2N1Cc1ccccc1. The molecule has 0 unspecified atom stereocenters. The second-order valence-corrected chi connectivity index (χ2v) is 6.96. The Morgan fingerprint density at radius 1 is 1.15 bits per heavy atom. The number of anilines is 2. The van der Waals surface area contributed by atoms with Gasteiger partial charge in [-0.3, -0.25) is 4.79 Å². The van der Waals surface area contributed by atoms with Crippen molar-refractivity contribution in [2.45, 2.75) is 39.8 Å². The van der Waals surface area contributed by atoms with E-state index in [0.29, 0.717) is 6.54 Å². The average molecular weight is 361 g/mol. The van der Waals surface area contributed by atoms with Crippen molar-refractivity contribution in [3.63, 3.8) is 0 Å². The monoisotopic (exact) mass is 361 g/mol. The van der Waals surface area contributed by atoms with Crippen LogP contribution in [0, 0.1) is 13.8 Å². The Hall–Kier alpha value is -3.08. The van der Waals surface area contributed by atoms with E-state index in [4.69, 9.17) is 4.52 Å². The number of hydrogen-bond donors (Lipinski definition) is 1. The minimum absolute atomic E-state index is 0.0472. The summed E-state index contributed by atoms with van der Waals surface area (Å²) in [6.07, 6.45) is 0.744. The molecule has 0 aliphatic carbocycles. The molecule has 4 rings (SSSR count). The molecular weight excluding hydrogens is 338 g/mol. The molecule has 1 aliphatic rings. The highest BCUT2D eigenvalue weighted by molar-refractivity contribution is 6.04. The van der Waals surface area contributed by atoms with Crippen LogP contribution in [0.2, 0.25) is 0 Å². The minimum atomic E-state index is -0.197. The molecule has 2 aromatic carbocycles. The summed E-state index contributed by atoms with van der Waals surface area (Å²) in [4.78, 5) is 14.8. The van der Waals surface area contributed by atoms with E-state index in [9.17, 15) is 4.79 Å². The minimum Gasteiger partial charge on any atom is -0.361 e. The van der Waals surface area contributed by atoms with Crippen LogP contribution in [0.5, 0.6) is 0 Å². The zero-order chi connectivity index (χ0) is 19.0.